The second-order valence-corrected chi connectivity index (χ2v) is 6.12. The molecule has 2 rings (SSSR count). The Hall–Kier alpha value is -2.21. The maximum atomic E-state index is 12.5. The Bertz CT molecular complexity index is 612. The molecule has 23 heavy (non-hydrogen) atoms. The Morgan fingerprint density at radius 2 is 1.70 bits per heavy atom. The highest BCUT2D eigenvalue weighted by molar-refractivity contribution is 6.05. The van der Waals surface area contributed by atoms with Crippen LogP contribution in [0.1, 0.15) is 24.8 Å². The van der Waals surface area contributed by atoms with E-state index in [0.717, 1.165) is 0 Å². The monoisotopic (exact) mass is 318 g/mol. The van der Waals surface area contributed by atoms with Gasteiger partial charge in [-0.25, -0.2) is 0 Å². The van der Waals surface area contributed by atoms with Gasteiger partial charge in [0.05, 0.1) is 11.5 Å². The summed E-state index contributed by atoms with van der Waals surface area (Å²) in [6.45, 7) is 1.47. The summed E-state index contributed by atoms with van der Waals surface area (Å²) in [5.41, 5.74) is -0.828. The van der Waals surface area contributed by atoms with Crippen LogP contribution in [0.5, 0.6) is 0 Å². The Balaban J connectivity index is 2.61. The molecule has 0 bridgehead atoms. The van der Waals surface area contributed by atoms with E-state index in [2.05, 4.69) is 10.6 Å². The van der Waals surface area contributed by atoms with Crippen LogP contribution in [-0.2, 0) is 14.4 Å². The number of hydrogen-bond donors (Lipinski definition) is 3. The molecule has 1 aliphatic rings. The number of benzene rings is 1. The smallest absolute Gasteiger partial charge is 0.230 e. The van der Waals surface area contributed by atoms with Crippen LogP contribution in [0.3, 0.4) is 0 Å². The molecule has 0 saturated heterocycles. The number of amides is 2. The van der Waals surface area contributed by atoms with Gasteiger partial charge in [-0.15, -0.1) is 0 Å². The van der Waals surface area contributed by atoms with Crippen LogP contribution in [0, 0.1) is 11.8 Å². The van der Waals surface area contributed by atoms with Crippen molar-refractivity contribution < 1.29 is 19.5 Å². The molecule has 0 radical (unpaired) electrons. The van der Waals surface area contributed by atoms with Gasteiger partial charge in [0.1, 0.15) is 11.7 Å². The number of hydrogen-bond acceptors (Lipinski definition) is 4. The Morgan fingerprint density at radius 1 is 1.13 bits per heavy atom. The lowest BCUT2D eigenvalue weighted by Crippen LogP contribution is -2.57. The zero-order chi connectivity index (χ0) is 17.2. The Labute approximate surface area is 135 Å². The SMILES string of the molecule is CNC(=O)[C@@H]1C(=O)C[C@](C)(O)[C@@H](C(=O)NC)[C@@H]1c1ccccc1. The van der Waals surface area contributed by atoms with Gasteiger partial charge < -0.3 is 15.7 Å². The molecule has 0 heterocycles. The van der Waals surface area contributed by atoms with Crippen LogP contribution in [-0.4, -0.2) is 42.4 Å². The van der Waals surface area contributed by atoms with Crippen molar-refractivity contribution in [2.75, 3.05) is 14.1 Å². The van der Waals surface area contributed by atoms with Gasteiger partial charge in [-0.05, 0) is 12.5 Å². The van der Waals surface area contributed by atoms with E-state index in [9.17, 15) is 19.5 Å². The molecule has 2 amide bonds. The fourth-order valence-corrected chi connectivity index (χ4v) is 3.48. The second-order valence-electron chi connectivity index (χ2n) is 6.12. The summed E-state index contributed by atoms with van der Waals surface area (Å²) in [5.74, 6) is -3.78. The third-order valence-corrected chi connectivity index (χ3v) is 4.51. The molecule has 0 spiro atoms. The first-order valence-electron chi connectivity index (χ1n) is 7.56. The van der Waals surface area contributed by atoms with E-state index in [0.29, 0.717) is 5.56 Å². The van der Waals surface area contributed by atoms with Crippen LogP contribution in [0.2, 0.25) is 0 Å². The van der Waals surface area contributed by atoms with Crippen molar-refractivity contribution in [3.8, 4) is 0 Å². The van der Waals surface area contributed by atoms with Crippen LogP contribution in [0.4, 0.5) is 0 Å². The lowest BCUT2D eigenvalue weighted by Gasteiger charge is -2.44. The zero-order valence-electron chi connectivity index (χ0n) is 13.5. The topological polar surface area (TPSA) is 95.5 Å². The minimum Gasteiger partial charge on any atom is -0.389 e. The lowest BCUT2D eigenvalue weighted by atomic mass is 9.61. The molecule has 4 atom stereocenters. The van der Waals surface area contributed by atoms with Gasteiger partial charge >= 0.3 is 0 Å². The number of rotatable bonds is 3. The minimum absolute atomic E-state index is 0.230. The molecule has 0 aliphatic heterocycles. The molecule has 1 aliphatic carbocycles. The third kappa shape index (κ3) is 3.12. The van der Waals surface area contributed by atoms with Crippen molar-refractivity contribution in [3.63, 3.8) is 0 Å². The summed E-state index contributed by atoms with van der Waals surface area (Å²) in [4.78, 5) is 37.2. The number of aliphatic hydroxyl groups is 1. The van der Waals surface area contributed by atoms with Gasteiger partial charge in [-0.1, -0.05) is 30.3 Å². The average Bonchev–Trinajstić information content (AvgIpc) is 2.52. The Morgan fingerprint density at radius 3 is 2.22 bits per heavy atom. The van der Waals surface area contributed by atoms with E-state index < -0.39 is 29.3 Å². The van der Waals surface area contributed by atoms with Crippen LogP contribution in [0.15, 0.2) is 30.3 Å². The highest BCUT2D eigenvalue weighted by atomic mass is 16.3. The van der Waals surface area contributed by atoms with Gasteiger partial charge in [0.15, 0.2) is 0 Å². The molecule has 124 valence electrons. The van der Waals surface area contributed by atoms with E-state index in [1.165, 1.54) is 21.0 Å². The lowest BCUT2D eigenvalue weighted by molar-refractivity contribution is -0.153. The van der Waals surface area contributed by atoms with E-state index in [1.54, 1.807) is 24.3 Å². The second kappa shape index (κ2) is 6.50. The maximum absolute atomic E-state index is 12.5. The first-order chi connectivity index (χ1) is 10.8. The molecular weight excluding hydrogens is 296 g/mol. The molecule has 6 heteroatoms. The molecular formula is C17H22N2O4. The first-order valence-corrected chi connectivity index (χ1v) is 7.56. The van der Waals surface area contributed by atoms with Crippen molar-refractivity contribution in [1.82, 2.24) is 10.6 Å². The quantitative estimate of drug-likeness (QED) is 0.695. The van der Waals surface area contributed by atoms with E-state index >= 15 is 0 Å². The minimum atomic E-state index is -1.51. The van der Waals surface area contributed by atoms with Gasteiger partial charge in [-0.2, -0.15) is 0 Å². The van der Waals surface area contributed by atoms with Crippen molar-refractivity contribution in [3.05, 3.63) is 35.9 Å². The van der Waals surface area contributed by atoms with Crippen LogP contribution >= 0.6 is 0 Å². The fourth-order valence-electron chi connectivity index (χ4n) is 3.48. The number of carbonyl (C=O) groups excluding carboxylic acids is 3. The molecule has 3 N–H and O–H groups in total. The molecule has 6 nitrogen and oxygen atoms in total. The largest absolute Gasteiger partial charge is 0.389 e. The molecule has 1 saturated carbocycles. The number of Topliss-reactive ketones (excluding diaryl/α,β-unsaturated/α-hetero) is 1. The number of carbonyl (C=O) groups is 3. The summed E-state index contributed by atoms with van der Waals surface area (Å²) in [6.07, 6.45) is -0.230. The molecule has 1 aromatic carbocycles. The number of ketones is 1. The normalized spacial score (nSPS) is 30.6. The molecule has 0 unspecified atom stereocenters. The predicted molar refractivity (Wildman–Crippen MR) is 84.5 cm³/mol. The maximum Gasteiger partial charge on any atom is 0.230 e. The van der Waals surface area contributed by atoms with Gasteiger partial charge in [0, 0.05) is 26.4 Å². The standard InChI is InChI=1S/C17H22N2O4/c1-17(23)9-11(20)13(15(21)18-2)12(14(17)16(22)19-3)10-7-5-4-6-8-10/h4-8,12-14,23H,9H2,1-3H3,(H,18,21)(H,19,22)/t12-,13-,14-,17+/m1/s1. The highest BCUT2D eigenvalue weighted by Gasteiger charge is 2.55. The van der Waals surface area contributed by atoms with E-state index in [-0.39, 0.29) is 18.1 Å². The molecule has 1 aromatic rings. The van der Waals surface area contributed by atoms with Crippen molar-refractivity contribution in [1.29, 1.82) is 0 Å². The summed E-state index contributed by atoms with van der Waals surface area (Å²) in [6, 6.07) is 8.92. The van der Waals surface area contributed by atoms with Gasteiger partial charge in [-0.3, -0.25) is 14.4 Å². The predicted octanol–water partition coefficient (Wildman–Crippen LogP) is 0.218. The Kier molecular flexibility index (Phi) is 4.85. The zero-order valence-corrected chi connectivity index (χ0v) is 13.5. The molecule has 0 aromatic heterocycles. The van der Waals surface area contributed by atoms with Gasteiger partial charge in [0.25, 0.3) is 0 Å². The molecule has 1 fully saturated rings. The summed E-state index contributed by atoms with van der Waals surface area (Å²) in [5, 5.41) is 15.7. The van der Waals surface area contributed by atoms with Crippen LogP contribution in [0.25, 0.3) is 0 Å². The van der Waals surface area contributed by atoms with Crippen molar-refractivity contribution in [2.45, 2.75) is 24.9 Å². The van der Waals surface area contributed by atoms with E-state index in [4.69, 9.17) is 0 Å². The third-order valence-electron chi connectivity index (χ3n) is 4.51. The van der Waals surface area contributed by atoms with E-state index in [1.807, 2.05) is 6.07 Å². The highest BCUT2D eigenvalue weighted by Crippen LogP contribution is 2.45. The fraction of sp³-hybridized carbons (Fsp3) is 0.471. The van der Waals surface area contributed by atoms with Crippen molar-refractivity contribution >= 4 is 17.6 Å². The summed E-state index contributed by atoms with van der Waals surface area (Å²) >= 11 is 0. The summed E-state index contributed by atoms with van der Waals surface area (Å²) in [7, 11) is 2.94. The van der Waals surface area contributed by atoms with Crippen LogP contribution < -0.4 is 10.6 Å². The average molecular weight is 318 g/mol. The van der Waals surface area contributed by atoms with Crippen molar-refractivity contribution in [2.24, 2.45) is 11.8 Å². The number of nitrogens with one attached hydrogen (secondary N) is 2. The first kappa shape index (κ1) is 17.1. The summed E-state index contributed by atoms with van der Waals surface area (Å²) < 4.78 is 0. The van der Waals surface area contributed by atoms with Gasteiger partial charge in [0.2, 0.25) is 11.8 Å².